The summed E-state index contributed by atoms with van der Waals surface area (Å²) >= 11 is 0. The first kappa shape index (κ1) is 16.4. The van der Waals surface area contributed by atoms with Gasteiger partial charge in [-0.25, -0.2) is 18.4 Å². The van der Waals surface area contributed by atoms with Crippen molar-refractivity contribution in [2.24, 2.45) is 0 Å². The molecule has 1 aliphatic rings. The van der Waals surface area contributed by atoms with E-state index in [4.69, 9.17) is 14.5 Å². The van der Waals surface area contributed by atoms with Crippen LogP contribution in [0.15, 0.2) is 21.8 Å². The van der Waals surface area contributed by atoms with E-state index in [1.165, 1.54) is 16.7 Å². The van der Waals surface area contributed by atoms with Crippen LogP contribution in [0.2, 0.25) is 0 Å². The summed E-state index contributed by atoms with van der Waals surface area (Å²) in [6, 6.07) is 1.90. The van der Waals surface area contributed by atoms with E-state index in [2.05, 4.69) is 15.1 Å². The predicted octanol–water partition coefficient (Wildman–Crippen LogP) is 0.795. The summed E-state index contributed by atoms with van der Waals surface area (Å²) in [5.41, 5.74) is 0.405. The monoisotopic (exact) mass is 349 g/mol. The van der Waals surface area contributed by atoms with E-state index in [0.717, 1.165) is 0 Å². The lowest BCUT2D eigenvalue weighted by molar-refractivity contribution is 0.205. The number of nitrogens with zero attached hydrogens (tertiary/aromatic N) is 5. The van der Waals surface area contributed by atoms with E-state index < -0.39 is 16.1 Å². The summed E-state index contributed by atoms with van der Waals surface area (Å²) in [6.07, 6.45) is 2.91. The molecule has 126 valence electrons. The summed E-state index contributed by atoms with van der Waals surface area (Å²) in [5.74, 6) is 0.374. The third kappa shape index (κ3) is 2.83. The SMILES string of the molecule is Cc1noc(C)c1S(=O)(=O)N1CC[C@H](Oc2nccnc2C#N)C1. The van der Waals surface area contributed by atoms with Gasteiger partial charge in [0.2, 0.25) is 15.7 Å². The van der Waals surface area contributed by atoms with Gasteiger partial charge in [-0.1, -0.05) is 5.16 Å². The van der Waals surface area contributed by atoms with Gasteiger partial charge in [-0.05, 0) is 20.3 Å². The van der Waals surface area contributed by atoms with Gasteiger partial charge in [0.05, 0.1) is 6.54 Å². The van der Waals surface area contributed by atoms with Crippen LogP contribution in [0, 0.1) is 25.2 Å². The van der Waals surface area contributed by atoms with Gasteiger partial charge in [0, 0.05) is 18.9 Å². The van der Waals surface area contributed by atoms with Crippen LogP contribution in [0.5, 0.6) is 5.88 Å². The Morgan fingerprint density at radius 3 is 2.79 bits per heavy atom. The second-order valence-corrected chi connectivity index (χ2v) is 7.24. The van der Waals surface area contributed by atoms with Crippen molar-refractivity contribution in [2.75, 3.05) is 13.1 Å². The highest BCUT2D eigenvalue weighted by Gasteiger charge is 2.37. The molecule has 9 nitrogen and oxygen atoms in total. The first-order chi connectivity index (χ1) is 11.4. The van der Waals surface area contributed by atoms with Crippen molar-refractivity contribution in [1.29, 1.82) is 5.26 Å². The van der Waals surface area contributed by atoms with E-state index in [1.54, 1.807) is 13.8 Å². The standard InChI is InChI=1S/C14H15N5O4S/c1-9-13(10(2)23-18-9)24(20,21)19-6-3-11(8-19)22-14-12(7-15)16-4-5-17-14/h4-5,11H,3,6,8H2,1-2H3/t11-/m0/s1. The molecular formula is C14H15N5O4S. The normalized spacial score (nSPS) is 18.5. The number of hydrogen-bond acceptors (Lipinski definition) is 8. The van der Waals surface area contributed by atoms with Gasteiger partial charge in [-0.15, -0.1) is 0 Å². The third-order valence-electron chi connectivity index (χ3n) is 3.72. The van der Waals surface area contributed by atoms with E-state index in [9.17, 15) is 8.42 Å². The molecule has 24 heavy (non-hydrogen) atoms. The van der Waals surface area contributed by atoms with Gasteiger partial charge in [0.1, 0.15) is 22.8 Å². The highest BCUT2D eigenvalue weighted by molar-refractivity contribution is 7.89. The zero-order valence-corrected chi connectivity index (χ0v) is 13.9. The Kier molecular flexibility index (Phi) is 4.21. The summed E-state index contributed by atoms with van der Waals surface area (Å²) in [4.78, 5) is 7.95. The van der Waals surface area contributed by atoms with Crippen LogP contribution < -0.4 is 4.74 Å². The molecule has 3 heterocycles. The summed E-state index contributed by atoms with van der Waals surface area (Å²) in [5, 5.41) is 12.7. The molecule has 0 spiro atoms. The van der Waals surface area contributed by atoms with Crippen molar-refractivity contribution in [3.63, 3.8) is 0 Å². The predicted molar refractivity (Wildman–Crippen MR) is 80.5 cm³/mol. The molecule has 0 radical (unpaired) electrons. The lowest BCUT2D eigenvalue weighted by Crippen LogP contribution is -2.31. The molecule has 0 bridgehead atoms. The van der Waals surface area contributed by atoms with Crippen molar-refractivity contribution in [3.8, 4) is 11.9 Å². The van der Waals surface area contributed by atoms with Crippen LogP contribution in [0.4, 0.5) is 0 Å². The molecule has 1 atom stereocenters. The lowest BCUT2D eigenvalue weighted by Gasteiger charge is -2.16. The van der Waals surface area contributed by atoms with Crippen molar-refractivity contribution in [3.05, 3.63) is 29.5 Å². The van der Waals surface area contributed by atoms with E-state index in [1.807, 2.05) is 6.07 Å². The van der Waals surface area contributed by atoms with Gasteiger partial charge >= 0.3 is 0 Å². The number of hydrogen-bond donors (Lipinski definition) is 0. The fourth-order valence-electron chi connectivity index (χ4n) is 2.63. The van der Waals surface area contributed by atoms with Crippen LogP contribution in [0.25, 0.3) is 0 Å². The van der Waals surface area contributed by atoms with E-state index >= 15 is 0 Å². The zero-order valence-electron chi connectivity index (χ0n) is 13.1. The quantitative estimate of drug-likeness (QED) is 0.794. The Morgan fingerprint density at radius 1 is 1.38 bits per heavy atom. The van der Waals surface area contributed by atoms with Gasteiger partial charge in [0.25, 0.3) is 5.88 Å². The molecule has 0 aliphatic carbocycles. The molecule has 1 saturated heterocycles. The molecule has 0 saturated carbocycles. The van der Waals surface area contributed by atoms with Crippen molar-refractivity contribution in [2.45, 2.75) is 31.3 Å². The zero-order chi connectivity index (χ0) is 17.3. The van der Waals surface area contributed by atoms with Crippen LogP contribution in [-0.4, -0.2) is 47.0 Å². The molecule has 0 unspecified atom stereocenters. The number of sulfonamides is 1. The topological polar surface area (TPSA) is 122 Å². The maximum atomic E-state index is 12.7. The van der Waals surface area contributed by atoms with Crippen LogP contribution in [0.1, 0.15) is 23.6 Å². The van der Waals surface area contributed by atoms with Crippen molar-refractivity contribution in [1.82, 2.24) is 19.4 Å². The average molecular weight is 349 g/mol. The lowest BCUT2D eigenvalue weighted by atomic mass is 10.3. The minimum absolute atomic E-state index is 0.0736. The Hall–Kier alpha value is -2.51. The molecule has 1 aliphatic heterocycles. The second-order valence-electron chi connectivity index (χ2n) is 5.37. The average Bonchev–Trinajstić information content (AvgIpc) is 3.15. The highest BCUT2D eigenvalue weighted by atomic mass is 32.2. The summed E-state index contributed by atoms with van der Waals surface area (Å²) in [7, 11) is -3.70. The Bertz CT molecular complexity index is 883. The summed E-state index contributed by atoms with van der Waals surface area (Å²) in [6.45, 7) is 3.62. The Balaban J connectivity index is 1.77. The molecule has 2 aromatic heterocycles. The fraction of sp³-hybridized carbons (Fsp3) is 0.429. The molecule has 0 N–H and O–H groups in total. The number of rotatable bonds is 4. The molecule has 0 amide bonds. The number of ether oxygens (including phenoxy) is 1. The second kappa shape index (κ2) is 6.18. The molecule has 1 fully saturated rings. The number of aromatic nitrogens is 3. The molecule has 3 rings (SSSR count). The van der Waals surface area contributed by atoms with Crippen molar-refractivity contribution >= 4 is 10.0 Å². The van der Waals surface area contributed by atoms with E-state index in [0.29, 0.717) is 18.7 Å². The molecular weight excluding hydrogens is 334 g/mol. The highest BCUT2D eigenvalue weighted by Crippen LogP contribution is 2.27. The smallest absolute Gasteiger partial charge is 0.251 e. The maximum Gasteiger partial charge on any atom is 0.251 e. The minimum atomic E-state index is -3.70. The van der Waals surface area contributed by atoms with Gasteiger partial charge < -0.3 is 9.26 Å². The van der Waals surface area contributed by atoms with Crippen molar-refractivity contribution < 1.29 is 17.7 Å². The largest absolute Gasteiger partial charge is 0.471 e. The first-order valence-corrected chi connectivity index (χ1v) is 8.68. The minimum Gasteiger partial charge on any atom is -0.471 e. The number of aryl methyl sites for hydroxylation is 2. The van der Waals surface area contributed by atoms with Gasteiger partial charge in [-0.3, -0.25) is 0 Å². The van der Waals surface area contributed by atoms with E-state index in [-0.39, 0.29) is 28.8 Å². The first-order valence-electron chi connectivity index (χ1n) is 7.24. The van der Waals surface area contributed by atoms with Gasteiger partial charge in [0.15, 0.2) is 5.76 Å². The molecule has 0 aromatic carbocycles. The van der Waals surface area contributed by atoms with Crippen LogP contribution in [0.3, 0.4) is 0 Å². The van der Waals surface area contributed by atoms with Crippen LogP contribution in [-0.2, 0) is 10.0 Å². The maximum absolute atomic E-state index is 12.7. The Labute approximate surface area is 138 Å². The molecule has 10 heteroatoms. The third-order valence-corrected chi connectivity index (χ3v) is 5.83. The van der Waals surface area contributed by atoms with Crippen LogP contribution >= 0.6 is 0 Å². The molecule has 2 aromatic rings. The fourth-order valence-corrected chi connectivity index (χ4v) is 4.41. The number of nitriles is 1. The Morgan fingerprint density at radius 2 is 2.12 bits per heavy atom. The van der Waals surface area contributed by atoms with Gasteiger partial charge in [-0.2, -0.15) is 9.57 Å². The summed E-state index contributed by atoms with van der Waals surface area (Å²) < 4.78 is 37.4.